The van der Waals surface area contributed by atoms with Crippen LogP contribution in [0.3, 0.4) is 0 Å². The fraction of sp³-hybridized carbons (Fsp3) is 0.462. The van der Waals surface area contributed by atoms with Gasteiger partial charge >= 0.3 is 5.97 Å². The highest BCUT2D eigenvalue weighted by atomic mass is 32.2. The van der Waals surface area contributed by atoms with Gasteiger partial charge in [-0.25, -0.2) is 8.42 Å². The van der Waals surface area contributed by atoms with Crippen LogP contribution in [0.1, 0.15) is 19.4 Å². The smallest absolute Gasteiger partial charge is 0.307 e. The van der Waals surface area contributed by atoms with Gasteiger partial charge in [-0.2, -0.15) is 4.31 Å². The Bertz CT molecular complexity index is 513. The average Bonchev–Trinajstić information content (AvgIpc) is 2.36. The van der Waals surface area contributed by atoms with Crippen molar-refractivity contribution in [1.29, 1.82) is 0 Å². The van der Waals surface area contributed by atoms with Gasteiger partial charge in [-0.3, -0.25) is 4.79 Å². The summed E-state index contributed by atoms with van der Waals surface area (Å²) in [7, 11) is -3.56. The van der Waals surface area contributed by atoms with Gasteiger partial charge in [0, 0.05) is 13.1 Å². The molecule has 0 aliphatic rings. The molecule has 1 aromatic rings. The van der Waals surface area contributed by atoms with Crippen LogP contribution in [0.15, 0.2) is 30.3 Å². The maximum atomic E-state index is 12.1. The summed E-state index contributed by atoms with van der Waals surface area (Å²) in [6, 6.07) is 9.24. The molecular formula is C13H19NO4S. The SMILES string of the molecule is CCN(Cc1ccccc1)S(=O)(=O)CC(C)C(=O)O. The van der Waals surface area contributed by atoms with Crippen molar-refractivity contribution in [3.05, 3.63) is 35.9 Å². The van der Waals surface area contributed by atoms with Gasteiger partial charge in [0.25, 0.3) is 0 Å². The average molecular weight is 285 g/mol. The largest absolute Gasteiger partial charge is 0.481 e. The molecule has 106 valence electrons. The monoisotopic (exact) mass is 285 g/mol. The summed E-state index contributed by atoms with van der Waals surface area (Å²) in [6.45, 7) is 3.73. The zero-order valence-corrected chi connectivity index (χ0v) is 11.9. The first kappa shape index (κ1) is 15.7. The van der Waals surface area contributed by atoms with E-state index in [1.54, 1.807) is 6.92 Å². The number of hydrogen-bond acceptors (Lipinski definition) is 3. The molecule has 0 bridgehead atoms. The van der Waals surface area contributed by atoms with Gasteiger partial charge in [0.15, 0.2) is 0 Å². The van der Waals surface area contributed by atoms with Crippen LogP contribution < -0.4 is 0 Å². The first-order valence-electron chi connectivity index (χ1n) is 6.11. The number of nitrogens with zero attached hydrogens (tertiary/aromatic N) is 1. The minimum Gasteiger partial charge on any atom is -0.481 e. The molecule has 0 aromatic heterocycles. The molecule has 0 aliphatic carbocycles. The Morgan fingerprint density at radius 3 is 2.37 bits per heavy atom. The summed E-state index contributed by atoms with van der Waals surface area (Å²) in [5, 5.41) is 8.81. The van der Waals surface area contributed by atoms with Gasteiger partial charge in [-0.1, -0.05) is 44.2 Å². The minimum absolute atomic E-state index is 0.270. The molecule has 0 radical (unpaired) electrons. The molecule has 6 heteroatoms. The number of benzene rings is 1. The van der Waals surface area contributed by atoms with Gasteiger partial charge in [0.05, 0.1) is 11.7 Å². The molecule has 0 saturated carbocycles. The molecular weight excluding hydrogens is 266 g/mol. The van der Waals surface area contributed by atoms with Crippen molar-refractivity contribution in [2.24, 2.45) is 5.92 Å². The van der Waals surface area contributed by atoms with E-state index in [4.69, 9.17) is 5.11 Å². The van der Waals surface area contributed by atoms with Crippen LogP contribution in [0.25, 0.3) is 0 Å². The lowest BCUT2D eigenvalue weighted by molar-refractivity contribution is -0.140. The van der Waals surface area contributed by atoms with Crippen LogP contribution in [0.4, 0.5) is 0 Å². The van der Waals surface area contributed by atoms with Crippen molar-refractivity contribution in [2.45, 2.75) is 20.4 Å². The van der Waals surface area contributed by atoms with E-state index in [2.05, 4.69) is 0 Å². The fourth-order valence-electron chi connectivity index (χ4n) is 1.69. The van der Waals surface area contributed by atoms with Gasteiger partial charge in [-0.05, 0) is 5.56 Å². The Labute approximate surface area is 113 Å². The van der Waals surface area contributed by atoms with Crippen molar-refractivity contribution in [2.75, 3.05) is 12.3 Å². The Morgan fingerprint density at radius 2 is 1.89 bits per heavy atom. The number of aliphatic carboxylic acids is 1. The number of carboxylic acid groups (broad SMARTS) is 1. The molecule has 0 aliphatic heterocycles. The van der Waals surface area contributed by atoms with Crippen molar-refractivity contribution in [3.8, 4) is 0 Å². The Balaban J connectivity index is 2.81. The highest BCUT2D eigenvalue weighted by molar-refractivity contribution is 7.89. The van der Waals surface area contributed by atoms with Crippen molar-refractivity contribution >= 4 is 16.0 Å². The van der Waals surface area contributed by atoms with E-state index in [1.165, 1.54) is 11.2 Å². The van der Waals surface area contributed by atoms with E-state index in [0.717, 1.165) is 5.56 Å². The molecule has 5 nitrogen and oxygen atoms in total. The zero-order chi connectivity index (χ0) is 14.5. The molecule has 0 fully saturated rings. The van der Waals surface area contributed by atoms with Crippen LogP contribution >= 0.6 is 0 Å². The van der Waals surface area contributed by atoms with E-state index in [9.17, 15) is 13.2 Å². The first-order valence-corrected chi connectivity index (χ1v) is 7.72. The molecule has 0 amide bonds. The summed E-state index contributed by atoms with van der Waals surface area (Å²) in [4.78, 5) is 10.8. The molecule has 0 heterocycles. The topological polar surface area (TPSA) is 74.7 Å². The van der Waals surface area contributed by atoms with Crippen molar-refractivity contribution in [1.82, 2.24) is 4.31 Å². The first-order chi connectivity index (χ1) is 8.86. The quantitative estimate of drug-likeness (QED) is 0.825. The van der Waals surface area contributed by atoms with Crippen LogP contribution in [-0.2, 0) is 21.4 Å². The molecule has 19 heavy (non-hydrogen) atoms. The van der Waals surface area contributed by atoms with Crippen LogP contribution in [0, 0.1) is 5.92 Å². The van der Waals surface area contributed by atoms with Gasteiger partial charge < -0.3 is 5.11 Å². The van der Waals surface area contributed by atoms with Gasteiger partial charge in [-0.15, -0.1) is 0 Å². The highest BCUT2D eigenvalue weighted by Crippen LogP contribution is 2.12. The van der Waals surface area contributed by atoms with Crippen molar-refractivity contribution in [3.63, 3.8) is 0 Å². The molecule has 0 saturated heterocycles. The lowest BCUT2D eigenvalue weighted by Gasteiger charge is -2.21. The third kappa shape index (κ3) is 4.65. The van der Waals surface area contributed by atoms with Crippen molar-refractivity contribution < 1.29 is 18.3 Å². The molecule has 1 N–H and O–H groups in total. The number of carboxylic acids is 1. The van der Waals surface area contributed by atoms with E-state index < -0.39 is 21.9 Å². The third-order valence-electron chi connectivity index (χ3n) is 2.83. The molecule has 1 unspecified atom stereocenters. The van der Waals surface area contributed by atoms with E-state index in [1.807, 2.05) is 30.3 Å². The Morgan fingerprint density at radius 1 is 1.32 bits per heavy atom. The van der Waals surface area contributed by atoms with E-state index >= 15 is 0 Å². The summed E-state index contributed by atoms with van der Waals surface area (Å²) >= 11 is 0. The highest BCUT2D eigenvalue weighted by Gasteiger charge is 2.26. The fourth-order valence-corrected chi connectivity index (χ4v) is 3.41. The standard InChI is InChI=1S/C13H19NO4S/c1-3-14(9-12-7-5-4-6-8-12)19(17,18)10-11(2)13(15)16/h4-8,11H,3,9-10H2,1-2H3,(H,15,16). The predicted octanol–water partition coefficient (Wildman–Crippen LogP) is 1.56. The van der Waals surface area contributed by atoms with E-state index in [0.29, 0.717) is 6.54 Å². The Kier molecular flexibility index (Phi) is 5.50. The molecule has 1 atom stereocenters. The number of carbonyl (C=O) groups is 1. The maximum Gasteiger partial charge on any atom is 0.307 e. The van der Waals surface area contributed by atoms with E-state index in [-0.39, 0.29) is 12.3 Å². The van der Waals surface area contributed by atoms with Gasteiger partial charge in [0.1, 0.15) is 0 Å². The van der Waals surface area contributed by atoms with Gasteiger partial charge in [0.2, 0.25) is 10.0 Å². The maximum absolute atomic E-state index is 12.1. The zero-order valence-electron chi connectivity index (χ0n) is 11.1. The molecule has 1 aromatic carbocycles. The Hall–Kier alpha value is -1.40. The summed E-state index contributed by atoms with van der Waals surface area (Å²) < 4.78 is 25.6. The third-order valence-corrected chi connectivity index (χ3v) is 4.93. The molecule has 1 rings (SSSR count). The lowest BCUT2D eigenvalue weighted by Crippen LogP contribution is -2.35. The summed E-state index contributed by atoms with van der Waals surface area (Å²) in [5.41, 5.74) is 0.885. The van der Waals surface area contributed by atoms with Crippen LogP contribution in [-0.4, -0.2) is 36.1 Å². The van der Waals surface area contributed by atoms with Crippen LogP contribution in [0.5, 0.6) is 0 Å². The number of rotatable bonds is 7. The summed E-state index contributed by atoms with van der Waals surface area (Å²) in [6.07, 6.45) is 0. The normalized spacial score (nSPS) is 13.4. The van der Waals surface area contributed by atoms with Crippen LogP contribution in [0.2, 0.25) is 0 Å². The summed E-state index contributed by atoms with van der Waals surface area (Å²) in [5.74, 6) is -2.38. The second-order valence-corrected chi connectivity index (χ2v) is 6.44. The lowest BCUT2D eigenvalue weighted by atomic mass is 10.2. The minimum atomic E-state index is -3.56. The number of sulfonamides is 1. The molecule has 0 spiro atoms. The predicted molar refractivity (Wildman–Crippen MR) is 73.1 cm³/mol. The number of hydrogen-bond donors (Lipinski definition) is 1. The second kappa shape index (κ2) is 6.68. The second-order valence-electron chi connectivity index (χ2n) is 4.43.